The van der Waals surface area contributed by atoms with E-state index in [1.807, 2.05) is 28.7 Å². The average Bonchev–Trinajstić information content (AvgIpc) is 2.62. The summed E-state index contributed by atoms with van der Waals surface area (Å²) in [6.45, 7) is 0. The maximum absolute atomic E-state index is 5.38. The number of nitrogens with zero attached hydrogens (tertiary/aromatic N) is 3. The highest BCUT2D eigenvalue weighted by atomic mass is 16.4. The second-order valence-corrected chi connectivity index (χ2v) is 2.55. The number of para-hydroxylation sites is 2. The molecule has 2 aromatic heterocycles. The van der Waals surface area contributed by atoms with E-state index in [0.29, 0.717) is 5.84 Å². The van der Waals surface area contributed by atoms with Crippen LogP contribution in [0, 0.1) is 0 Å². The van der Waals surface area contributed by atoms with Crippen LogP contribution in [0.2, 0.25) is 0 Å². The summed E-state index contributed by atoms with van der Waals surface area (Å²) in [4.78, 5) is 0. The summed E-state index contributed by atoms with van der Waals surface area (Å²) in [6, 6.07) is 7.76. The van der Waals surface area contributed by atoms with Crippen molar-refractivity contribution < 1.29 is 4.42 Å². The highest BCUT2D eigenvalue weighted by molar-refractivity contribution is 5.75. The topological polar surface area (TPSA) is 43.3 Å². The SMILES string of the molecule is c1ccc2c(c1)oc1nncn12. The predicted molar refractivity (Wildman–Crippen MR) is 42.8 cm³/mol. The fourth-order valence-electron chi connectivity index (χ4n) is 1.30. The van der Waals surface area contributed by atoms with Crippen LogP contribution in [0.15, 0.2) is 35.0 Å². The van der Waals surface area contributed by atoms with Crippen LogP contribution >= 0.6 is 0 Å². The molecule has 0 aliphatic heterocycles. The van der Waals surface area contributed by atoms with Crippen molar-refractivity contribution >= 4 is 16.9 Å². The summed E-state index contributed by atoms with van der Waals surface area (Å²) < 4.78 is 7.20. The van der Waals surface area contributed by atoms with Gasteiger partial charge in [0.2, 0.25) is 0 Å². The number of hydrogen-bond donors (Lipinski definition) is 0. The quantitative estimate of drug-likeness (QED) is 0.499. The monoisotopic (exact) mass is 159 g/mol. The first kappa shape index (κ1) is 5.77. The Morgan fingerprint density at radius 3 is 3.17 bits per heavy atom. The molecule has 1 aromatic carbocycles. The first-order valence-electron chi connectivity index (χ1n) is 3.62. The Morgan fingerprint density at radius 2 is 2.17 bits per heavy atom. The van der Waals surface area contributed by atoms with Gasteiger partial charge in [-0.05, 0) is 12.1 Å². The van der Waals surface area contributed by atoms with Crippen LogP contribution < -0.4 is 0 Å². The van der Waals surface area contributed by atoms with E-state index in [2.05, 4.69) is 10.2 Å². The third-order valence-electron chi connectivity index (χ3n) is 1.84. The fraction of sp³-hybridized carbons (Fsp3) is 0. The molecule has 0 bridgehead atoms. The van der Waals surface area contributed by atoms with Gasteiger partial charge in [-0.15, -0.1) is 5.10 Å². The van der Waals surface area contributed by atoms with Crippen molar-refractivity contribution in [1.82, 2.24) is 14.6 Å². The van der Waals surface area contributed by atoms with E-state index in [0.717, 1.165) is 11.1 Å². The molecule has 0 saturated heterocycles. The molecule has 4 nitrogen and oxygen atoms in total. The van der Waals surface area contributed by atoms with E-state index in [-0.39, 0.29) is 0 Å². The van der Waals surface area contributed by atoms with E-state index >= 15 is 0 Å². The molecule has 3 rings (SSSR count). The first-order chi connectivity index (χ1) is 5.95. The molecule has 0 aliphatic carbocycles. The average molecular weight is 159 g/mol. The lowest BCUT2D eigenvalue weighted by Crippen LogP contribution is -1.74. The fourth-order valence-corrected chi connectivity index (χ4v) is 1.30. The van der Waals surface area contributed by atoms with Crippen LogP contribution in [0.3, 0.4) is 0 Å². The number of rotatable bonds is 0. The van der Waals surface area contributed by atoms with Gasteiger partial charge >= 0.3 is 5.84 Å². The third-order valence-corrected chi connectivity index (χ3v) is 1.84. The van der Waals surface area contributed by atoms with Gasteiger partial charge in [0.05, 0.1) is 5.52 Å². The lowest BCUT2D eigenvalue weighted by Gasteiger charge is -1.83. The molecule has 0 aliphatic rings. The van der Waals surface area contributed by atoms with Crippen LogP contribution in [-0.2, 0) is 0 Å². The zero-order valence-corrected chi connectivity index (χ0v) is 6.14. The lowest BCUT2D eigenvalue weighted by atomic mass is 10.3. The van der Waals surface area contributed by atoms with Crippen molar-refractivity contribution in [3.8, 4) is 0 Å². The van der Waals surface area contributed by atoms with Gasteiger partial charge in [-0.3, -0.25) is 0 Å². The molecule has 0 N–H and O–H groups in total. The highest BCUT2D eigenvalue weighted by Gasteiger charge is 2.04. The van der Waals surface area contributed by atoms with Gasteiger partial charge in [0.1, 0.15) is 6.33 Å². The van der Waals surface area contributed by atoms with Crippen LogP contribution in [0.4, 0.5) is 0 Å². The van der Waals surface area contributed by atoms with Crippen molar-refractivity contribution in [2.75, 3.05) is 0 Å². The van der Waals surface area contributed by atoms with Gasteiger partial charge in [-0.1, -0.05) is 17.2 Å². The largest absolute Gasteiger partial charge is 0.422 e. The molecule has 0 amide bonds. The highest BCUT2D eigenvalue weighted by Crippen LogP contribution is 2.17. The zero-order chi connectivity index (χ0) is 7.97. The molecule has 0 atom stereocenters. The predicted octanol–water partition coefficient (Wildman–Crippen LogP) is 1.48. The minimum Gasteiger partial charge on any atom is -0.422 e. The Labute approximate surface area is 67.4 Å². The van der Waals surface area contributed by atoms with Gasteiger partial charge in [0.25, 0.3) is 0 Å². The Bertz CT molecular complexity index is 536. The van der Waals surface area contributed by atoms with Crippen molar-refractivity contribution in [3.05, 3.63) is 30.6 Å². The Hall–Kier alpha value is -1.84. The van der Waals surface area contributed by atoms with Gasteiger partial charge in [-0.2, -0.15) is 0 Å². The second kappa shape index (κ2) is 1.85. The summed E-state index contributed by atoms with van der Waals surface area (Å²) in [7, 11) is 0. The van der Waals surface area contributed by atoms with E-state index in [9.17, 15) is 0 Å². The van der Waals surface area contributed by atoms with Crippen molar-refractivity contribution in [2.24, 2.45) is 0 Å². The zero-order valence-electron chi connectivity index (χ0n) is 6.14. The van der Waals surface area contributed by atoms with Gasteiger partial charge in [-0.25, -0.2) is 4.40 Å². The molecular weight excluding hydrogens is 154 g/mol. The summed E-state index contributed by atoms with van der Waals surface area (Å²) in [5.74, 6) is 0.538. The van der Waals surface area contributed by atoms with Gasteiger partial charge < -0.3 is 4.42 Å². The van der Waals surface area contributed by atoms with Crippen molar-refractivity contribution in [1.29, 1.82) is 0 Å². The maximum Gasteiger partial charge on any atom is 0.327 e. The standard InChI is InChI=1S/C8H5N3O/c1-2-4-7-6(3-1)11-5-9-10-8(11)12-7/h1-5H. The number of aromatic nitrogens is 3. The molecule has 2 heterocycles. The molecule has 12 heavy (non-hydrogen) atoms. The summed E-state index contributed by atoms with van der Waals surface area (Å²) in [5.41, 5.74) is 1.83. The van der Waals surface area contributed by atoms with Gasteiger partial charge in [0.15, 0.2) is 5.58 Å². The van der Waals surface area contributed by atoms with E-state index in [1.54, 1.807) is 6.33 Å². The molecule has 58 valence electrons. The number of hydrogen-bond acceptors (Lipinski definition) is 3. The van der Waals surface area contributed by atoms with Gasteiger partial charge in [0, 0.05) is 0 Å². The minimum atomic E-state index is 0.538. The molecular formula is C8H5N3O. The van der Waals surface area contributed by atoms with Crippen LogP contribution in [0.1, 0.15) is 0 Å². The van der Waals surface area contributed by atoms with E-state index in [1.165, 1.54) is 0 Å². The number of oxazole rings is 1. The number of benzene rings is 1. The van der Waals surface area contributed by atoms with Crippen molar-refractivity contribution in [3.63, 3.8) is 0 Å². The maximum atomic E-state index is 5.38. The second-order valence-electron chi connectivity index (χ2n) is 2.55. The molecule has 0 radical (unpaired) electrons. The first-order valence-corrected chi connectivity index (χ1v) is 3.62. The smallest absolute Gasteiger partial charge is 0.327 e. The summed E-state index contributed by atoms with van der Waals surface area (Å²) >= 11 is 0. The summed E-state index contributed by atoms with van der Waals surface area (Å²) in [5, 5.41) is 7.53. The van der Waals surface area contributed by atoms with Crippen LogP contribution in [0.25, 0.3) is 16.9 Å². The normalized spacial score (nSPS) is 11.3. The lowest BCUT2D eigenvalue weighted by molar-refractivity contribution is 0.637. The Kier molecular flexibility index (Phi) is 0.889. The van der Waals surface area contributed by atoms with Crippen LogP contribution in [-0.4, -0.2) is 14.6 Å². The third kappa shape index (κ3) is 0.567. The molecule has 4 heteroatoms. The molecule has 0 saturated carbocycles. The summed E-state index contributed by atoms with van der Waals surface area (Å²) in [6.07, 6.45) is 1.64. The van der Waals surface area contributed by atoms with E-state index < -0.39 is 0 Å². The minimum absolute atomic E-state index is 0.538. The molecule has 3 aromatic rings. The Balaban J connectivity index is 2.68. The number of fused-ring (bicyclic) bond motifs is 3. The van der Waals surface area contributed by atoms with E-state index in [4.69, 9.17) is 4.42 Å². The Morgan fingerprint density at radius 1 is 1.25 bits per heavy atom. The molecule has 0 fully saturated rings. The molecule has 0 spiro atoms. The van der Waals surface area contributed by atoms with Crippen LogP contribution in [0.5, 0.6) is 0 Å². The van der Waals surface area contributed by atoms with Crippen molar-refractivity contribution in [2.45, 2.75) is 0 Å². The molecule has 0 unspecified atom stereocenters.